The third-order valence-corrected chi connectivity index (χ3v) is 4.21. The smallest absolute Gasteiger partial charge is 0.101 e. The maximum Gasteiger partial charge on any atom is 0.101 e. The van der Waals surface area contributed by atoms with Gasteiger partial charge in [-0.2, -0.15) is 5.26 Å². The highest BCUT2D eigenvalue weighted by molar-refractivity contribution is 5.62. The van der Waals surface area contributed by atoms with Gasteiger partial charge in [0.2, 0.25) is 0 Å². The Morgan fingerprint density at radius 2 is 2.26 bits per heavy atom. The number of rotatable bonds is 3. The van der Waals surface area contributed by atoms with Crippen LogP contribution < -0.4 is 10.6 Å². The average Bonchev–Trinajstić information content (AvgIpc) is 2.38. The van der Waals surface area contributed by atoms with Crippen LogP contribution in [0.2, 0.25) is 0 Å². The molecule has 0 spiro atoms. The molecule has 0 radical (unpaired) electrons. The number of aryl methyl sites for hydroxylation is 1. The molecular formula is C16H23N3. The van der Waals surface area contributed by atoms with Gasteiger partial charge in [-0.15, -0.1) is 0 Å². The maximum atomic E-state index is 9.18. The zero-order chi connectivity index (χ0) is 13.9. The monoisotopic (exact) mass is 257 g/mol. The van der Waals surface area contributed by atoms with E-state index in [0.717, 1.165) is 29.9 Å². The molecule has 1 atom stereocenters. The van der Waals surface area contributed by atoms with Gasteiger partial charge >= 0.3 is 0 Å². The minimum absolute atomic E-state index is 0.306. The molecule has 1 aromatic carbocycles. The van der Waals surface area contributed by atoms with Crippen LogP contribution in [0.5, 0.6) is 0 Å². The Hall–Kier alpha value is -1.53. The molecule has 19 heavy (non-hydrogen) atoms. The lowest BCUT2D eigenvalue weighted by Crippen LogP contribution is -2.50. The van der Waals surface area contributed by atoms with E-state index in [1.54, 1.807) is 0 Å². The summed E-state index contributed by atoms with van der Waals surface area (Å²) in [7, 11) is 0. The Balaban J connectivity index is 2.09. The summed E-state index contributed by atoms with van der Waals surface area (Å²) in [6.07, 6.45) is 2.50. The van der Waals surface area contributed by atoms with Gasteiger partial charge in [0, 0.05) is 12.6 Å². The van der Waals surface area contributed by atoms with Crippen molar-refractivity contribution in [2.75, 3.05) is 18.4 Å². The van der Waals surface area contributed by atoms with Gasteiger partial charge in [-0.05, 0) is 43.4 Å². The van der Waals surface area contributed by atoms with Gasteiger partial charge in [-0.25, -0.2) is 0 Å². The Labute approximate surface area is 116 Å². The number of para-hydroxylation sites is 1. The van der Waals surface area contributed by atoms with Crippen molar-refractivity contribution in [3.8, 4) is 6.07 Å². The highest BCUT2D eigenvalue weighted by Crippen LogP contribution is 2.30. The largest absolute Gasteiger partial charge is 0.382 e. The summed E-state index contributed by atoms with van der Waals surface area (Å²) >= 11 is 0. The zero-order valence-electron chi connectivity index (χ0n) is 12.1. The minimum Gasteiger partial charge on any atom is -0.382 e. The number of nitrogens with zero attached hydrogens (tertiary/aromatic N) is 1. The Morgan fingerprint density at radius 1 is 1.47 bits per heavy atom. The first-order valence-electron chi connectivity index (χ1n) is 7.01. The highest BCUT2D eigenvalue weighted by atomic mass is 15.0. The van der Waals surface area contributed by atoms with E-state index in [2.05, 4.69) is 30.6 Å². The molecule has 2 rings (SSSR count). The number of anilines is 1. The molecule has 0 amide bonds. The fraction of sp³-hybridized carbons (Fsp3) is 0.562. The summed E-state index contributed by atoms with van der Waals surface area (Å²) < 4.78 is 0. The summed E-state index contributed by atoms with van der Waals surface area (Å²) in [6, 6.07) is 8.56. The number of piperidine rings is 1. The van der Waals surface area contributed by atoms with E-state index in [-0.39, 0.29) is 0 Å². The van der Waals surface area contributed by atoms with E-state index in [0.29, 0.717) is 11.5 Å². The van der Waals surface area contributed by atoms with Crippen LogP contribution in [-0.2, 0) is 0 Å². The molecule has 1 aromatic rings. The SMILES string of the molecule is Cc1cccc(C#N)c1NCC1NCCCC1(C)C. The molecule has 1 aliphatic heterocycles. The average molecular weight is 257 g/mol. The Bertz CT molecular complexity index is 485. The molecule has 1 saturated heterocycles. The lowest BCUT2D eigenvalue weighted by molar-refractivity contribution is 0.188. The minimum atomic E-state index is 0.306. The third-order valence-electron chi connectivity index (χ3n) is 4.21. The summed E-state index contributed by atoms with van der Waals surface area (Å²) in [5.41, 5.74) is 3.15. The fourth-order valence-corrected chi connectivity index (χ4v) is 2.82. The molecule has 3 heteroatoms. The van der Waals surface area contributed by atoms with Crippen LogP contribution in [0.15, 0.2) is 18.2 Å². The first-order chi connectivity index (χ1) is 9.04. The second-order valence-corrected chi connectivity index (χ2v) is 6.09. The molecule has 0 aromatic heterocycles. The number of nitrogens with one attached hydrogen (secondary N) is 2. The lowest BCUT2D eigenvalue weighted by atomic mass is 9.77. The molecule has 1 aliphatic rings. The van der Waals surface area contributed by atoms with Crippen LogP contribution >= 0.6 is 0 Å². The van der Waals surface area contributed by atoms with Crippen LogP contribution in [0.25, 0.3) is 0 Å². The second-order valence-electron chi connectivity index (χ2n) is 6.09. The normalized spacial score (nSPS) is 21.7. The van der Waals surface area contributed by atoms with Gasteiger partial charge in [0.1, 0.15) is 6.07 Å². The number of hydrogen-bond donors (Lipinski definition) is 2. The molecule has 1 fully saturated rings. The highest BCUT2D eigenvalue weighted by Gasteiger charge is 2.31. The van der Waals surface area contributed by atoms with Gasteiger partial charge in [0.15, 0.2) is 0 Å². The third kappa shape index (κ3) is 3.08. The van der Waals surface area contributed by atoms with Gasteiger partial charge in [-0.1, -0.05) is 26.0 Å². The predicted molar refractivity (Wildman–Crippen MR) is 79.2 cm³/mol. The Morgan fingerprint density at radius 3 is 2.95 bits per heavy atom. The standard InChI is InChI=1S/C16H23N3/c1-12-6-4-7-13(10-17)15(12)19-11-14-16(2,3)8-5-9-18-14/h4,6-7,14,18-19H,5,8-9,11H2,1-3H3. The second kappa shape index (κ2) is 5.63. The quantitative estimate of drug-likeness (QED) is 0.875. The van der Waals surface area contributed by atoms with Crippen LogP contribution in [0.1, 0.15) is 37.8 Å². The zero-order valence-corrected chi connectivity index (χ0v) is 12.1. The van der Waals surface area contributed by atoms with E-state index in [9.17, 15) is 5.26 Å². The van der Waals surface area contributed by atoms with Crippen molar-refractivity contribution >= 4 is 5.69 Å². The molecule has 0 saturated carbocycles. The van der Waals surface area contributed by atoms with E-state index in [1.165, 1.54) is 12.8 Å². The topological polar surface area (TPSA) is 47.9 Å². The van der Waals surface area contributed by atoms with E-state index >= 15 is 0 Å². The summed E-state index contributed by atoms with van der Waals surface area (Å²) in [5.74, 6) is 0. The van der Waals surface area contributed by atoms with Crippen molar-refractivity contribution in [1.82, 2.24) is 5.32 Å². The van der Waals surface area contributed by atoms with Gasteiger partial charge in [-0.3, -0.25) is 0 Å². The van der Waals surface area contributed by atoms with E-state index in [1.807, 2.05) is 25.1 Å². The van der Waals surface area contributed by atoms with Gasteiger partial charge in [0.05, 0.1) is 11.3 Å². The van der Waals surface area contributed by atoms with Crippen LogP contribution in [-0.4, -0.2) is 19.1 Å². The van der Waals surface area contributed by atoms with Crippen molar-refractivity contribution in [3.63, 3.8) is 0 Å². The van der Waals surface area contributed by atoms with Crippen LogP contribution in [0.4, 0.5) is 5.69 Å². The molecular weight excluding hydrogens is 234 g/mol. The number of nitriles is 1. The van der Waals surface area contributed by atoms with Crippen LogP contribution in [0.3, 0.4) is 0 Å². The summed E-state index contributed by atoms with van der Waals surface area (Å²) in [4.78, 5) is 0. The van der Waals surface area contributed by atoms with Gasteiger partial charge < -0.3 is 10.6 Å². The molecule has 2 N–H and O–H groups in total. The molecule has 3 nitrogen and oxygen atoms in total. The predicted octanol–water partition coefficient (Wildman–Crippen LogP) is 3.06. The molecule has 1 heterocycles. The fourth-order valence-electron chi connectivity index (χ4n) is 2.82. The molecule has 102 valence electrons. The van der Waals surface area contributed by atoms with Crippen molar-refractivity contribution in [2.45, 2.75) is 39.7 Å². The first kappa shape index (κ1) is 13.9. The van der Waals surface area contributed by atoms with Crippen molar-refractivity contribution in [1.29, 1.82) is 5.26 Å². The van der Waals surface area contributed by atoms with E-state index < -0.39 is 0 Å². The summed E-state index contributed by atoms with van der Waals surface area (Å²) in [5, 5.41) is 16.2. The number of hydrogen-bond acceptors (Lipinski definition) is 3. The summed E-state index contributed by atoms with van der Waals surface area (Å²) in [6.45, 7) is 8.63. The van der Waals surface area contributed by atoms with Gasteiger partial charge in [0.25, 0.3) is 0 Å². The maximum absolute atomic E-state index is 9.18. The van der Waals surface area contributed by atoms with Crippen molar-refractivity contribution in [3.05, 3.63) is 29.3 Å². The number of benzene rings is 1. The van der Waals surface area contributed by atoms with Crippen LogP contribution in [0, 0.1) is 23.7 Å². The Kier molecular flexibility index (Phi) is 4.11. The van der Waals surface area contributed by atoms with Crippen molar-refractivity contribution in [2.24, 2.45) is 5.41 Å². The molecule has 0 bridgehead atoms. The van der Waals surface area contributed by atoms with Crippen molar-refractivity contribution < 1.29 is 0 Å². The first-order valence-corrected chi connectivity index (χ1v) is 7.01. The van der Waals surface area contributed by atoms with E-state index in [4.69, 9.17) is 0 Å². The molecule has 0 aliphatic carbocycles. The molecule has 1 unspecified atom stereocenters. The lowest BCUT2D eigenvalue weighted by Gasteiger charge is -2.39.